The van der Waals surface area contributed by atoms with Crippen LogP contribution in [0, 0.1) is 13.8 Å². The summed E-state index contributed by atoms with van der Waals surface area (Å²) in [5, 5.41) is 4.15. The van der Waals surface area contributed by atoms with Gasteiger partial charge in [0.25, 0.3) is 10.0 Å². The number of anilines is 2. The molecule has 24 heteroatoms. The molecule has 7 nitrogen and oxygen atoms in total. The summed E-state index contributed by atoms with van der Waals surface area (Å²) in [6, 6.07) is 1.57. The second-order valence-electron chi connectivity index (χ2n) is 8.68. The summed E-state index contributed by atoms with van der Waals surface area (Å²) >= 11 is 0. The molecule has 1 aromatic heterocycles. The summed E-state index contributed by atoms with van der Waals surface area (Å²) in [5.41, 5.74) is -0.725. The number of hydrogen-bond acceptors (Lipinski definition) is 5. The van der Waals surface area contributed by atoms with Crippen LogP contribution in [-0.4, -0.2) is 67.4 Å². The molecule has 0 aliphatic rings. The maximum absolute atomic E-state index is 14.1. The van der Waals surface area contributed by atoms with Gasteiger partial charge in [-0.3, -0.25) is 4.79 Å². The number of aromatic nitrogens is 1. The fourth-order valence-electron chi connectivity index (χ4n) is 2.90. The van der Waals surface area contributed by atoms with Crippen molar-refractivity contribution in [1.82, 2.24) is 5.16 Å². The number of rotatable bonds is 12. The van der Waals surface area contributed by atoms with Crippen molar-refractivity contribution in [3.63, 3.8) is 0 Å². The standard InChI is InChI=1S/C20H13F16N3O4S/c1-7-8(2)38-43-11(7)39-44(41,42)10-5-3-9(4-6-10)37-13(40)15(25,26)17(29,30)19(33,34)20(35,36)18(31,32)16(27,28)14(23,24)12(21)22/h3-6,12,39H,1-2H3,(H,37,40). The largest absolute Gasteiger partial charge is 0.393 e. The zero-order valence-corrected chi connectivity index (χ0v) is 21.7. The number of nitrogens with one attached hydrogen (secondary N) is 2. The molecule has 1 aromatic carbocycles. The van der Waals surface area contributed by atoms with Gasteiger partial charge in [-0.05, 0) is 38.1 Å². The van der Waals surface area contributed by atoms with Crippen LogP contribution in [0.4, 0.5) is 81.8 Å². The molecule has 0 saturated carbocycles. The number of alkyl halides is 16. The number of nitrogens with zero attached hydrogens (tertiary/aromatic N) is 1. The maximum Gasteiger partial charge on any atom is 0.393 e. The van der Waals surface area contributed by atoms with Crippen molar-refractivity contribution in [3.8, 4) is 0 Å². The number of carbonyl (C=O) groups is 1. The average Bonchev–Trinajstić information content (AvgIpc) is 3.19. The average molecular weight is 695 g/mol. The third-order valence-corrected chi connectivity index (χ3v) is 7.10. The van der Waals surface area contributed by atoms with Crippen LogP contribution in [0.25, 0.3) is 0 Å². The molecule has 2 N–H and O–H groups in total. The van der Waals surface area contributed by atoms with Gasteiger partial charge in [-0.1, -0.05) is 5.16 Å². The second kappa shape index (κ2) is 10.9. The van der Waals surface area contributed by atoms with Crippen molar-refractivity contribution in [2.75, 3.05) is 10.0 Å². The minimum absolute atomic E-state index is 0.201. The molecule has 2 aromatic rings. The van der Waals surface area contributed by atoms with Crippen LogP contribution < -0.4 is 10.0 Å². The third-order valence-electron chi connectivity index (χ3n) is 5.76. The monoisotopic (exact) mass is 695 g/mol. The Hall–Kier alpha value is -3.47. The molecule has 2 rings (SSSR count). The van der Waals surface area contributed by atoms with Crippen molar-refractivity contribution in [2.45, 2.75) is 66.6 Å². The Bertz CT molecular complexity index is 1490. The van der Waals surface area contributed by atoms with Gasteiger partial charge in [0.15, 0.2) is 0 Å². The summed E-state index contributed by atoms with van der Waals surface area (Å²) in [5.74, 6) is -61.1. The first-order valence-corrected chi connectivity index (χ1v) is 12.2. The van der Waals surface area contributed by atoms with E-state index in [1.165, 1.54) is 13.8 Å². The number of sulfonamides is 1. The minimum Gasteiger partial charge on any atom is -0.337 e. The van der Waals surface area contributed by atoms with E-state index >= 15 is 0 Å². The molecule has 0 saturated heterocycles. The van der Waals surface area contributed by atoms with E-state index in [0.29, 0.717) is 29.6 Å². The number of benzene rings is 1. The quantitative estimate of drug-likeness (QED) is 0.240. The molecule has 0 unspecified atom stereocenters. The molecule has 0 fully saturated rings. The first-order valence-electron chi connectivity index (χ1n) is 10.7. The van der Waals surface area contributed by atoms with E-state index in [4.69, 9.17) is 4.52 Å². The predicted octanol–water partition coefficient (Wildman–Crippen LogP) is 6.74. The van der Waals surface area contributed by atoms with Crippen molar-refractivity contribution < 1.29 is 88.0 Å². The van der Waals surface area contributed by atoms with Crippen LogP contribution in [0.15, 0.2) is 33.7 Å². The lowest BCUT2D eigenvalue weighted by molar-refractivity contribution is -0.443. The van der Waals surface area contributed by atoms with Crippen LogP contribution in [-0.2, 0) is 14.8 Å². The molecular formula is C20H13F16N3O4S. The van der Waals surface area contributed by atoms with Crippen molar-refractivity contribution in [2.24, 2.45) is 0 Å². The fraction of sp³-hybridized carbons (Fsp3) is 0.500. The number of carbonyl (C=O) groups excluding carboxylic acids is 1. The van der Waals surface area contributed by atoms with E-state index in [2.05, 4.69) is 5.16 Å². The first-order chi connectivity index (χ1) is 19.4. The van der Waals surface area contributed by atoms with E-state index < -0.39 is 80.3 Å². The normalized spacial score (nSPS) is 14.6. The highest BCUT2D eigenvalue weighted by Gasteiger charge is 2.94. The van der Waals surface area contributed by atoms with Crippen LogP contribution in [0.2, 0.25) is 0 Å². The molecular weight excluding hydrogens is 682 g/mol. The zero-order valence-electron chi connectivity index (χ0n) is 20.9. The third kappa shape index (κ3) is 5.37. The Balaban J connectivity index is 2.39. The van der Waals surface area contributed by atoms with Crippen molar-refractivity contribution in [1.29, 1.82) is 0 Å². The molecule has 0 bridgehead atoms. The van der Waals surface area contributed by atoms with Gasteiger partial charge in [0, 0.05) is 11.3 Å². The first kappa shape index (κ1) is 36.7. The van der Waals surface area contributed by atoms with Gasteiger partial charge < -0.3 is 9.84 Å². The number of aryl methyl sites for hydroxylation is 1. The summed E-state index contributed by atoms with van der Waals surface area (Å²) in [6.07, 6.45) is -5.98. The molecule has 44 heavy (non-hydrogen) atoms. The summed E-state index contributed by atoms with van der Waals surface area (Å²) in [6.45, 7) is 2.78. The topological polar surface area (TPSA) is 101 Å². The van der Waals surface area contributed by atoms with Crippen LogP contribution in [0.3, 0.4) is 0 Å². The Morgan fingerprint density at radius 1 is 0.750 bits per heavy atom. The molecule has 250 valence electrons. The van der Waals surface area contributed by atoms with Crippen molar-refractivity contribution >= 4 is 27.5 Å². The van der Waals surface area contributed by atoms with E-state index in [1.54, 1.807) is 0 Å². The van der Waals surface area contributed by atoms with E-state index in [1.807, 2.05) is 4.72 Å². The lowest BCUT2D eigenvalue weighted by atomic mass is 9.89. The van der Waals surface area contributed by atoms with Crippen LogP contribution in [0.5, 0.6) is 0 Å². The number of amides is 1. The fourth-order valence-corrected chi connectivity index (χ4v) is 3.94. The highest BCUT2D eigenvalue weighted by atomic mass is 32.2. The SMILES string of the molecule is Cc1noc(NS(=O)(=O)c2ccc(NC(=O)C(F)(F)C(F)(F)C(F)(F)C(F)(F)C(F)(F)C(F)(F)C(F)(F)C(F)F)cc2)c1C. The highest BCUT2D eigenvalue weighted by molar-refractivity contribution is 7.92. The number of halogens is 16. The molecule has 1 heterocycles. The summed E-state index contributed by atoms with van der Waals surface area (Å²) in [4.78, 5) is 10.9. The van der Waals surface area contributed by atoms with Gasteiger partial charge in [-0.2, -0.15) is 61.5 Å². The number of hydrogen-bond donors (Lipinski definition) is 2. The predicted molar refractivity (Wildman–Crippen MR) is 112 cm³/mol. The van der Waals surface area contributed by atoms with E-state index in [9.17, 15) is 83.5 Å². The lowest BCUT2D eigenvalue weighted by Gasteiger charge is -2.42. The molecule has 0 atom stereocenters. The Kier molecular flexibility index (Phi) is 9.06. The molecule has 0 aliphatic heterocycles. The van der Waals surface area contributed by atoms with Crippen LogP contribution in [0.1, 0.15) is 11.3 Å². The van der Waals surface area contributed by atoms with Crippen LogP contribution >= 0.6 is 0 Å². The Morgan fingerprint density at radius 3 is 1.59 bits per heavy atom. The Labute approximate surface area is 233 Å². The van der Waals surface area contributed by atoms with E-state index in [0.717, 1.165) is 0 Å². The highest BCUT2D eigenvalue weighted by Crippen LogP contribution is 2.62. The van der Waals surface area contributed by atoms with Gasteiger partial charge in [0.1, 0.15) is 0 Å². The molecule has 0 aliphatic carbocycles. The maximum atomic E-state index is 14.1. The molecule has 0 spiro atoms. The molecule has 1 amide bonds. The van der Waals surface area contributed by atoms with E-state index in [-0.39, 0.29) is 11.3 Å². The van der Waals surface area contributed by atoms with Gasteiger partial charge in [0.2, 0.25) is 5.88 Å². The zero-order chi connectivity index (χ0) is 34.7. The van der Waals surface area contributed by atoms with Gasteiger partial charge >= 0.3 is 53.8 Å². The smallest absolute Gasteiger partial charge is 0.337 e. The van der Waals surface area contributed by atoms with Gasteiger partial charge in [-0.15, -0.1) is 0 Å². The lowest BCUT2D eigenvalue weighted by Crippen LogP contribution is -2.74. The molecule has 0 radical (unpaired) electrons. The Morgan fingerprint density at radius 2 is 1.18 bits per heavy atom. The summed E-state index contributed by atoms with van der Waals surface area (Å²) in [7, 11) is -4.58. The summed E-state index contributed by atoms with van der Waals surface area (Å²) < 4.78 is 246. The minimum atomic E-state index is -8.65. The van der Waals surface area contributed by atoms with Gasteiger partial charge in [-0.25, -0.2) is 21.9 Å². The van der Waals surface area contributed by atoms with Gasteiger partial charge in [0.05, 0.1) is 10.6 Å². The second-order valence-corrected chi connectivity index (χ2v) is 10.4. The van der Waals surface area contributed by atoms with Crippen molar-refractivity contribution in [3.05, 3.63) is 35.5 Å².